The number of thiazole rings is 1. The molecule has 1 unspecified atom stereocenters. The first-order valence-corrected chi connectivity index (χ1v) is 6.65. The van der Waals surface area contributed by atoms with Gasteiger partial charge in [0.15, 0.2) is 0 Å². The van der Waals surface area contributed by atoms with Crippen molar-refractivity contribution in [3.8, 4) is 0 Å². The topological polar surface area (TPSA) is 12.9 Å². The van der Waals surface area contributed by atoms with E-state index in [1.54, 1.807) is 11.3 Å². The van der Waals surface area contributed by atoms with Gasteiger partial charge >= 0.3 is 0 Å². The Balaban J connectivity index is 2.07. The molecule has 0 fully saturated rings. The van der Waals surface area contributed by atoms with Crippen LogP contribution in [0.1, 0.15) is 37.6 Å². The Morgan fingerprint density at radius 3 is 3.00 bits per heavy atom. The summed E-state index contributed by atoms with van der Waals surface area (Å²) in [5.74, 6) is 0. The van der Waals surface area contributed by atoms with Crippen LogP contribution in [-0.2, 0) is 6.42 Å². The van der Waals surface area contributed by atoms with Gasteiger partial charge in [-0.2, -0.15) is 0 Å². The Labute approximate surface area is 92.7 Å². The van der Waals surface area contributed by atoms with E-state index in [9.17, 15) is 0 Å². The molecule has 0 saturated carbocycles. The van der Waals surface area contributed by atoms with Gasteiger partial charge in [0.2, 0.25) is 0 Å². The monoisotopic (exact) mass is 261 g/mol. The molecule has 0 aromatic carbocycles. The van der Waals surface area contributed by atoms with Crippen LogP contribution in [0.25, 0.3) is 0 Å². The van der Waals surface area contributed by atoms with Crippen LogP contribution in [0.3, 0.4) is 0 Å². The Hall–Kier alpha value is 0.110. The molecule has 3 heteroatoms. The highest BCUT2D eigenvalue weighted by atomic mass is 79.9. The van der Waals surface area contributed by atoms with E-state index in [-0.39, 0.29) is 0 Å². The molecule has 0 amide bonds. The molecule has 13 heavy (non-hydrogen) atoms. The number of aryl methyl sites for hydroxylation is 1. The molecule has 0 N–H and O–H groups in total. The average Bonchev–Trinajstić information content (AvgIpc) is 2.57. The summed E-state index contributed by atoms with van der Waals surface area (Å²) in [4.78, 5) is 4.97. The van der Waals surface area contributed by atoms with Crippen molar-refractivity contribution in [3.05, 3.63) is 16.6 Å². The summed E-state index contributed by atoms with van der Waals surface area (Å²) in [7, 11) is 0. The lowest BCUT2D eigenvalue weighted by molar-refractivity contribution is 0.654. The predicted molar refractivity (Wildman–Crippen MR) is 62.7 cm³/mol. The molecule has 74 valence electrons. The molecule has 0 aliphatic carbocycles. The second kappa shape index (κ2) is 6.55. The van der Waals surface area contributed by atoms with E-state index in [1.807, 2.05) is 11.6 Å². The highest BCUT2D eigenvalue weighted by Crippen LogP contribution is 2.16. The van der Waals surface area contributed by atoms with Crippen molar-refractivity contribution < 1.29 is 0 Å². The number of halogens is 1. The quantitative estimate of drug-likeness (QED) is 0.705. The van der Waals surface area contributed by atoms with Gasteiger partial charge in [0, 0.05) is 16.4 Å². The summed E-state index contributed by atoms with van der Waals surface area (Å²) in [6.07, 6.45) is 8.11. The number of nitrogens with zero attached hydrogens (tertiary/aromatic N) is 1. The van der Waals surface area contributed by atoms with Crippen LogP contribution in [0.5, 0.6) is 0 Å². The van der Waals surface area contributed by atoms with E-state index in [0.717, 1.165) is 6.42 Å². The van der Waals surface area contributed by atoms with Crippen LogP contribution in [0, 0.1) is 0 Å². The maximum Gasteiger partial charge on any atom is 0.0924 e. The molecule has 1 heterocycles. The highest BCUT2D eigenvalue weighted by molar-refractivity contribution is 9.09. The van der Waals surface area contributed by atoms with Gasteiger partial charge in [-0.05, 0) is 25.7 Å². The van der Waals surface area contributed by atoms with Gasteiger partial charge in [-0.15, -0.1) is 11.3 Å². The SMILES string of the molecule is CCCC(Br)CCCc1nccs1. The first kappa shape index (κ1) is 11.2. The number of hydrogen-bond donors (Lipinski definition) is 0. The van der Waals surface area contributed by atoms with Crippen LogP contribution < -0.4 is 0 Å². The third-order valence-electron chi connectivity index (χ3n) is 1.99. The summed E-state index contributed by atoms with van der Waals surface area (Å²) in [6.45, 7) is 2.23. The maximum absolute atomic E-state index is 4.26. The standard InChI is InChI=1S/C10H16BrNS/c1-2-4-9(11)5-3-6-10-12-7-8-13-10/h7-9H,2-6H2,1H3. The first-order chi connectivity index (χ1) is 6.33. The van der Waals surface area contributed by atoms with E-state index in [0.29, 0.717) is 4.83 Å². The molecule has 1 aromatic heterocycles. The van der Waals surface area contributed by atoms with E-state index >= 15 is 0 Å². The number of alkyl halides is 1. The second-order valence-electron chi connectivity index (χ2n) is 3.20. The third kappa shape index (κ3) is 4.77. The van der Waals surface area contributed by atoms with Gasteiger partial charge in [0.1, 0.15) is 0 Å². The molecular formula is C10H16BrNS. The Morgan fingerprint density at radius 2 is 2.38 bits per heavy atom. The summed E-state index contributed by atoms with van der Waals surface area (Å²) < 4.78 is 0. The number of aromatic nitrogens is 1. The molecule has 0 saturated heterocycles. The third-order valence-corrected chi connectivity index (χ3v) is 3.75. The largest absolute Gasteiger partial charge is 0.250 e. The van der Waals surface area contributed by atoms with Crippen LogP contribution in [0.4, 0.5) is 0 Å². The predicted octanol–water partition coefficient (Wildman–Crippen LogP) is 4.03. The summed E-state index contributed by atoms with van der Waals surface area (Å²) >= 11 is 5.45. The minimum atomic E-state index is 0.706. The molecule has 1 rings (SSSR count). The van der Waals surface area contributed by atoms with Crippen molar-refractivity contribution in [2.45, 2.75) is 43.9 Å². The van der Waals surface area contributed by atoms with Crippen molar-refractivity contribution in [1.82, 2.24) is 4.98 Å². The average molecular weight is 262 g/mol. The van der Waals surface area contributed by atoms with Crippen molar-refractivity contribution >= 4 is 27.3 Å². The molecule has 0 aliphatic rings. The molecule has 1 aromatic rings. The van der Waals surface area contributed by atoms with E-state index in [4.69, 9.17) is 0 Å². The Bertz CT molecular complexity index is 211. The zero-order chi connectivity index (χ0) is 9.52. The van der Waals surface area contributed by atoms with Gasteiger partial charge in [0.25, 0.3) is 0 Å². The van der Waals surface area contributed by atoms with Crippen molar-refractivity contribution in [2.24, 2.45) is 0 Å². The normalized spacial score (nSPS) is 13.1. The second-order valence-corrected chi connectivity index (χ2v) is 5.48. The van der Waals surface area contributed by atoms with E-state index < -0.39 is 0 Å². The maximum atomic E-state index is 4.26. The van der Waals surface area contributed by atoms with Crippen molar-refractivity contribution in [1.29, 1.82) is 0 Å². The lowest BCUT2D eigenvalue weighted by Gasteiger charge is -2.06. The number of hydrogen-bond acceptors (Lipinski definition) is 2. The zero-order valence-electron chi connectivity index (χ0n) is 8.00. The van der Waals surface area contributed by atoms with E-state index in [1.165, 1.54) is 30.7 Å². The Kier molecular flexibility index (Phi) is 5.63. The number of rotatable bonds is 6. The Morgan fingerprint density at radius 1 is 1.54 bits per heavy atom. The van der Waals surface area contributed by atoms with Gasteiger partial charge in [-0.1, -0.05) is 29.3 Å². The van der Waals surface area contributed by atoms with Crippen molar-refractivity contribution in [3.63, 3.8) is 0 Å². The molecule has 1 nitrogen and oxygen atoms in total. The minimum absolute atomic E-state index is 0.706. The molecule has 0 radical (unpaired) electrons. The van der Waals surface area contributed by atoms with E-state index in [2.05, 4.69) is 27.8 Å². The molecule has 0 aliphatic heterocycles. The smallest absolute Gasteiger partial charge is 0.0924 e. The summed E-state index contributed by atoms with van der Waals surface area (Å²) in [5.41, 5.74) is 0. The van der Waals surface area contributed by atoms with Crippen LogP contribution >= 0.6 is 27.3 Å². The zero-order valence-corrected chi connectivity index (χ0v) is 10.4. The molecule has 0 bridgehead atoms. The summed E-state index contributed by atoms with van der Waals surface area (Å²) in [6, 6.07) is 0. The van der Waals surface area contributed by atoms with Gasteiger partial charge in [-0.25, -0.2) is 4.98 Å². The van der Waals surface area contributed by atoms with Crippen molar-refractivity contribution in [2.75, 3.05) is 0 Å². The lowest BCUT2D eigenvalue weighted by Crippen LogP contribution is -1.97. The van der Waals surface area contributed by atoms with Gasteiger partial charge in [-0.3, -0.25) is 0 Å². The summed E-state index contributed by atoms with van der Waals surface area (Å²) in [5, 5.41) is 3.32. The van der Waals surface area contributed by atoms with Gasteiger partial charge < -0.3 is 0 Å². The fourth-order valence-electron chi connectivity index (χ4n) is 1.31. The first-order valence-electron chi connectivity index (χ1n) is 4.85. The fourth-order valence-corrected chi connectivity index (χ4v) is 2.75. The lowest BCUT2D eigenvalue weighted by atomic mass is 10.1. The molecule has 1 atom stereocenters. The minimum Gasteiger partial charge on any atom is -0.250 e. The molecule has 0 spiro atoms. The van der Waals surface area contributed by atoms with Gasteiger partial charge in [0.05, 0.1) is 5.01 Å². The fraction of sp³-hybridized carbons (Fsp3) is 0.700. The van der Waals surface area contributed by atoms with Crippen LogP contribution in [0.2, 0.25) is 0 Å². The highest BCUT2D eigenvalue weighted by Gasteiger charge is 2.03. The van der Waals surface area contributed by atoms with Crippen LogP contribution in [0.15, 0.2) is 11.6 Å². The van der Waals surface area contributed by atoms with Crippen LogP contribution in [-0.4, -0.2) is 9.81 Å². The molecular weight excluding hydrogens is 246 g/mol.